The molecule has 2 aromatic rings. The molecule has 130 valence electrons. The summed E-state index contributed by atoms with van der Waals surface area (Å²) in [7, 11) is 0. The van der Waals surface area contributed by atoms with Crippen LogP contribution in [0.25, 0.3) is 0 Å². The minimum Gasteiger partial charge on any atom is -0.480 e. The molecule has 0 saturated carbocycles. The summed E-state index contributed by atoms with van der Waals surface area (Å²) in [5, 5.41) is 15.4. The summed E-state index contributed by atoms with van der Waals surface area (Å²) in [4.78, 5) is 16.4. The molecule has 2 rings (SSSR count). The van der Waals surface area contributed by atoms with Crippen LogP contribution in [0.3, 0.4) is 0 Å². The predicted molar refractivity (Wildman–Crippen MR) is 87.4 cm³/mol. The van der Waals surface area contributed by atoms with Crippen LogP contribution < -0.4 is 10.1 Å². The van der Waals surface area contributed by atoms with Crippen LogP contribution in [0.15, 0.2) is 28.8 Å². The topological polar surface area (TPSA) is 97.5 Å². The summed E-state index contributed by atoms with van der Waals surface area (Å²) < 4.78 is 10.7. The number of carbonyl (C=O) groups excluding carboxylic acids is 1. The second kappa shape index (κ2) is 8.44. The van der Waals surface area contributed by atoms with Crippen LogP contribution in [-0.4, -0.2) is 33.8 Å². The number of hydrogen-bond donors (Lipinski definition) is 2. The molecular formula is C17H23N3O4. The fraction of sp³-hybridized carbons (Fsp3) is 0.471. The average Bonchev–Trinajstić information content (AvgIpc) is 3.01. The van der Waals surface area contributed by atoms with Crippen molar-refractivity contribution in [2.75, 3.05) is 6.54 Å². The van der Waals surface area contributed by atoms with Crippen molar-refractivity contribution < 1.29 is 19.2 Å². The third kappa shape index (κ3) is 4.79. The number of amides is 1. The van der Waals surface area contributed by atoms with Crippen LogP contribution in [0, 0.1) is 12.8 Å². The Kier molecular flexibility index (Phi) is 6.31. The van der Waals surface area contributed by atoms with Gasteiger partial charge < -0.3 is 19.7 Å². The number of nitrogens with one attached hydrogen (secondary N) is 1. The highest BCUT2D eigenvalue weighted by Crippen LogP contribution is 2.20. The first kappa shape index (κ1) is 17.9. The molecule has 2 N–H and O–H groups in total. The maximum Gasteiger partial charge on any atom is 0.261 e. The van der Waals surface area contributed by atoms with E-state index in [1.165, 1.54) is 0 Å². The van der Waals surface area contributed by atoms with Gasteiger partial charge in [-0.05, 0) is 24.5 Å². The fourth-order valence-electron chi connectivity index (χ4n) is 2.17. The van der Waals surface area contributed by atoms with Gasteiger partial charge in [0, 0.05) is 13.0 Å². The molecule has 1 amide bonds. The molecule has 24 heavy (non-hydrogen) atoms. The molecule has 0 bridgehead atoms. The number of aliphatic hydroxyl groups is 1. The second-order valence-corrected chi connectivity index (χ2v) is 5.85. The summed E-state index contributed by atoms with van der Waals surface area (Å²) in [6, 6.07) is 7.61. The lowest BCUT2D eigenvalue weighted by Gasteiger charge is -2.22. The van der Waals surface area contributed by atoms with Gasteiger partial charge in [-0.1, -0.05) is 37.2 Å². The van der Waals surface area contributed by atoms with Crippen molar-refractivity contribution in [1.82, 2.24) is 15.5 Å². The Morgan fingerprint density at radius 1 is 1.38 bits per heavy atom. The lowest BCUT2D eigenvalue weighted by molar-refractivity contribution is -0.129. The number of aromatic nitrogens is 2. The van der Waals surface area contributed by atoms with Gasteiger partial charge in [0.05, 0.1) is 0 Å². The van der Waals surface area contributed by atoms with E-state index in [4.69, 9.17) is 14.4 Å². The lowest BCUT2D eigenvalue weighted by Crippen LogP contribution is -2.42. The molecule has 0 fully saturated rings. The third-order valence-electron chi connectivity index (χ3n) is 3.50. The maximum absolute atomic E-state index is 12.4. The molecule has 0 aliphatic heterocycles. The summed E-state index contributed by atoms with van der Waals surface area (Å²) in [5.41, 5.74) is 0.985. The van der Waals surface area contributed by atoms with Crippen LogP contribution in [0.4, 0.5) is 0 Å². The number of aryl methyl sites for hydroxylation is 1. The molecule has 1 heterocycles. The van der Waals surface area contributed by atoms with Gasteiger partial charge in [0.15, 0.2) is 11.9 Å². The Morgan fingerprint density at radius 3 is 2.75 bits per heavy atom. The van der Waals surface area contributed by atoms with E-state index < -0.39 is 6.10 Å². The Labute approximate surface area is 141 Å². The van der Waals surface area contributed by atoms with Gasteiger partial charge in [-0.25, -0.2) is 0 Å². The summed E-state index contributed by atoms with van der Waals surface area (Å²) in [6.45, 7) is 5.90. The van der Waals surface area contributed by atoms with Crippen molar-refractivity contribution in [2.45, 2.75) is 39.9 Å². The molecule has 7 heteroatoms. The van der Waals surface area contributed by atoms with Gasteiger partial charge >= 0.3 is 0 Å². The quantitative estimate of drug-likeness (QED) is 0.762. The van der Waals surface area contributed by atoms with Gasteiger partial charge in [-0.2, -0.15) is 4.98 Å². The van der Waals surface area contributed by atoms with Crippen molar-refractivity contribution in [3.05, 3.63) is 41.5 Å². The van der Waals surface area contributed by atoms with Crippen molar-refractivity contribution in [1.29, 1.82) is 0 Å². The largest absolute Gasteiger partial charge is 0.480 e. The zero-order valence-electron chi connectivity index (χ0n) is 14.2. The summed E-state index contributed by atoms with van der Waals surface area (Å²) >= 11 is 0. The van der Waals surface area contributed by atoms with E-state index in [1.807, 2.05) is 45.0 Å². The number of carbonyl (C=O) groups is 1. The molecule has 0 unspecified atom stereocenters. The highest BCUT2D eigenvalue weighted by molar-refractivity contribution is 5.81. The molecular weight excluding hydrogens is 310 g/mol. The SMILES string of the molecule is Cc1ccccc1O[C@@H](C(=O)NCCc1noc(CO)n1)C(C)C. The fourth-order valence-corrected chi connectivity index (χ4v) is 2.17. The van der Waals surface area contributed by atoms with Crippen LogP contribution in [0.2, 0.25) is 0 Å². The minimum absolute atomic E-state index is 0.0239. The second-order valence-electron chi connectivity index (χ2n) is 5.85. The van der Waals surface area contributed by atoms with E-state index in [-0.39, 0.29) is 24.3 Å². The highest BCUT2D eigenvalue weighted by Gasteiger charge is 2.24. The van der Waals surface area contributed by atoms with Crippen LogP contribution in [-0.2, 0) is 17.8 Å². The third-order valence-corrected chi connectivity index (χ3v) is 3.50. The number of aliphatic hydroxyl groups excluding tert-OH is 1. The van der Waals surface area contributed by atoms with E-state index >= 15 is 0 Å². The predicted octanol–water partition coefficient (Wildman–Crippen LogP) is 1.63. The van der Waals surface area contributed by atoms with E-state index in [9.17, 15) is 4.79 Å². The van der Waals surface area contributed by atoms with Crippen molar-refractivity contribution in [3.63, 3.8) is 0 Å². The Balaban J connectivity index is 1.90. The van der Waals surface area contributed by atoms with Gasteiger partial charge in [-0.3, -0.25) is 4.79 Å². The average molecular weight is 333 g/mol. The molecule has 0 saturated heterocycles. The number of para-hydroxylation sites is 1. The first-order chi connectivity index (χ1) is 11.5. The molecule has 1 aromatic heterocycles. The zero-order valence-corrected chi connectivity index (χ0v) is 14.2. The number of benzene rings is 1. The smallest absolute Gasteiger partial charge is 0.261 e. The van der Waals surface area contributed by atoms with Gasteiger partial charge in [-0.15, -0.1) is 0 Å². The van der Waals surface area contributed by atoms with E-state index in [1.54, 1.807) is 0 Å². The minimum atomic E-state index is -0.579. The normalized spacial score (nSPS) is 12.2. The Hall–Kier alpha value is -2.41. The first-order valence-electron chi connectivity index (χ1n) is 7.93. The van der Waals surface area contributed by atoms with Gasteiger partial charge in [0.2, 0.25) is 0 Å². The number of rotatable bonds is 8. The van der Waals surface area contributed by atoms with E-state index in [2.05, 4.69) is 15.5 Å². The molecule has 1 atom stereocenters. The lowest BCUT2D eigenvalue weighted by atomic mass is 10.1. The van der Waals surface area contributed by atoms with E-state index in [0.29, 0.717) is 24.5 Å². The molecule has 0 radical (unpaired) electrons. The molecule has 0 aliphatic carbocycles. The molecule has 0 aliphatic rings. The van der Waals surface area contributed by atoms with Crippen LogP contribution in [0.5, 0.6) is 5.75 Å². The number of ether oxygens (including phenoxy) is 1. The molecule has 1 aromatic carbocycles. The molecule has 0 spiro atoms. The molecule has 7 nitrogen and oxygen atoms in total. The summed E-state index contributed by atoms with van der Waals surface area (Å²) in [5.74, 6) is 1.16. The highest BCUT2D eigenvalue weighted by atomic mass is 16.5. The zero-order chi connectivity index (χ0) is 17.5. The van der Waals surface area contributed by atoms with Gasteiger partial charge in [0.1, 0.15) is 12.4 Å². The van der Waals surface area contributed by atoms with Crippen LogP contribution in [0.1, 0.15) is 31.1 Å². The summed E-state index contributed by atoms with van der Waals surface area (Å²) in [6.07, 6.45) is -0.158. The van der Waals surface area contributed by atoms with Crippen molar-refractivity contribution in [3.8, 4) is 5.75 Å². The monoisotopic (exact) mass is 333 g/mol. The maximum atomic E-state index is 12.4. The standard InChI is InChI=1S/C17H23N3O4/c1-11(2)16(23-13-7-5-4-6-12(13)3)17(22)18-9-8-14-19-15(10-21)24-20-14/h4-7,11,16,21H,8-10H2,1-3H3,(H,18,22)/t16-/m1/s1. The van der Waals surface area contributed by atoms with Crippen molar-refractivity contribution >= 4 is 5.91 Å². The van der Waals surface area contributed by atoms with Crippen LogP contribution >= 0.6 is 0 Å². The Morgan fingerprint density at radius 2 is 2.12 bits per heavy atom. The number of nitrogens with zero attached hydrogens (tertiary/aromatic N) is 2. The van der Waals surface area contributed by atoms with Gasteiger partial charge in [0.25, 0.3) is 11.8 Å². The van der Waals surface area contributed by atoms with Crippen molar-refractivity contribution in [2.24, 2.45) is 5.92 Å². The number of hydrogen-bond acceptors (Lipinski definition) is 6. The van der Waals surface area contributed by atoms with E-state index in [0.717, 1.165) is 5.56 Å². The Bertz CT molecular complexity index is 669. The first-order valence-corrected chi connectivity index (χ1v) is 7.93.